The lowest BCUT2D eigenvalue weighted by atomic mass is 10.0. The van der Waals surface area contributed by atoms with E-state index < -0.39 is 0 Å². The Kier molecular flexibility index (Phi) is 5.59. The molecule has 146 valence electrons. The molecule has 0 radical (unpaired) electrons. The molecule has 0 saturated heterocycles. The molecule has 0 atom stereocenters. The van der Waals surface area contributed by atoms with E-state index in [1.807, 2.05) is 42.5 Å². The van der Waals surface area contributed by atoms with Crippen LogP contribution in [-0.4, -0.2) is 26.8 Å². The Balaban J connectivity index is 1.52. The van der Waals surface area contributed by atoms with Gasteiger partial charge in [-0.25, -0.2) is 5.84 Å². The molecule has 0 unspecified atom stereocenters. The average molecular weight is 405 g/mol. The van der Waals surface area contributed by atoms with Crippen molar-refractivity contribution in [1.29, 1.82) is 0 Å². The van der Waals surface area contributed by atoms with Gasteiger partial charge in [0.05, 0.1) is 5.75 Å². The van der Waals surface area contributed by atoms with Gasteiger partial charge in [-0.2, -0.15) is 10.1 Å². The minimum Gasteiger partial charge on any atom is -0.453 e. The van der Waals surface area contributed by atoms with E-state index in [0.717, 1.165) is 22.5 Å². The Morgan fingerprint density at radius 3 is 2.55 bits per heavy atom. The van der Waals surface area contributed by atoms with Crippen LogP contribution in [0.2, 0.25) is 0 Å². The number of rotatable bonds is 6. The van der Waals surface area contributed by atoms with Crippen molar-refractivity contribution in [3.05, 3.63) is 66.7 Å². The van der Waals surface area contributed by atoms with Gasteiger partial charge < -0.3 is 15.7 Å². The number of benzene rings is 2. The normalized spacial score (nSPS) is 11.6. The van der Waals surface area contributed by atoms with Crippen LogP contribution in [0.1, 0.15) is 0 Å². The van der Waals surface area contributed by atoms with E-state index in [1.54, 1.807) is 0 Å². The molecule has 9 heteroatoms. The molecular formula is C20H19N7OS. The van der Waals surface area contributed by atoms with E-state index in [-0.39, 0.29) is 0 Å². The summed E-state index contributed by atoms with van der Waals surface area (Å²) in [7, 11) is 0. The number of thioether (sulfide) groups is 1. The maximum absolute atomic E-state index is 6.01. The zero-order chi connectivity index (χ0) is 20.1. The summed E-state index contributed by atoms with van der Waals surface area (Å²) in [5.41, 5.74) is 5.70. The molecule has 2 aromatic carbocycles. The lowest BCUT2D eigenvalue weighted by Gasteiger charge is -2.03. The van der Waals surface area contributed by atoms with Crippen molar-refractivity contribution in [2.24, 2.45) is 16.8 Å². The molecule has 0 aliphatic heterocycles. The zero-order valence-corrected chi connectivity index (χ0v) is 16.2. The molecule has 4 rings (SSSR count). The van der Waals surface area contributed by atoms with Crippen LogP contribution in [0.5, 0.6) is 0 Å². The molecule has 2 aromatic heterocycles. The first-order valence-electron chi connectivity index (χ1n) is 8.81. The summed E-state index contributed by atoms with van der Waals surface area (Å²) in [5.74, 6) is 13.3. The topological polar surface area (TPSA) is 131 Å². The van der Waals surface area contributed by atoms with Gasteiger partial charge in [0.15, 0.2) is 11.6 Å². The maximum atomic E-state index is 6.01. The Hall–Kier alpha value is -3.56. The monoisotopic (exact) mass is 405 g/mol. The fourth-order valence-electron chi connectivity index (χ4n) is 2.77. The summed E-state index contributed by atoms with van der Waals surface area (Å²) < 4.78 is 6.01. The zero-order valence-electron chi connectivity index (χ0n) is 15.4. The molecule has 0 bridgehead atoms. The predicted molar refractivity (Wildman–Crippen MR) is 115 cm³/mol. The third-order valence-electron chi connectivity index (χ3n) is 4.22. The van der Waals surface area contributed by atoms with Crippen molar-refractivity contribution < 1.29 is 4.42 Å². The number of furan rings is 1. The molecule has 0 amide bonds. The van der Waals surface area contributed by atoms with Gasteiger partial charge in [0.1, 0.15) is 11.6 Å². The number of nitrogens with zero attached hydrogens (tertiary/aromatic N) is 3. The Bertz CT molecular complexity index is 1120. The van der Waals surface area contributed by atoms with Crippen LogP contribution in [0, 0.1) is 0 Å². The van der Waals surface area contributed by atoms with Crippen LogP contribution in [0.4, 0.5) is 0 Å². The number of aromatic amines is 1. The van der Waals surface area contributed by atoms with Gasteiger partial charge in [-0.1, -0.05) is 60.3 Å². The highest BCUT2D eigenvalue weighted by Gasteiger charge is 2.13. The van der Waals surface area contributed by atoms with Crippen LogP contribution >= 0.6 is 11.8 Å². The molecule has 0 aliphatic rings. The largest absolute Gasteiger partial charge is 0.453 e. The van der Waals surface area contributed by atoms with Crippen LogP contribution in [0.15, 0.2) is 81.4 Å². The molecule has 0 saturated carbocycles. The number of nitrogens with two attached hydrogens (primary N) is 2. The molecule has 0 spiro atoms. The number of nitrogens with one attached hydrogen (secondary N) is 2. The molecule has 0 fully saturated rings. The number of aromatic nitrogens is 3. The van der Waals surface area contributed by atoms with E-state index in [9.17, 15) is 0 Å². The van der Waals surface area contributed by atoms with Crippen molar-refractivity contribution in [3.63, 3.8) is 0 Å². The minimum absolute atomic E-state index is 0.431. The molecular weight excluding hydrogens is 386 g/mol. The second-order valence-corrected chi connectivity index (χ2v) is 7.03. The van der Waals surface area contributed by atoms with Gasteiger partial charge in [0, 0.05) is 5.56 Å². The van der Waals surface area contributed by atoms with Crippen molar-refractivity contribution in [3.8, 4) is 34.0 Å². The number of amidine groups is 1. The van der Waals surface area contributed by atoms with Gasteiger partial charge >= 0.3 is 0 Å². The first-order valence-corrected chi connectivity index (χ1v) is 9.80. The minimum atomic E-state index is 0.431. The Labute approximate surface area is 171 Å². The number of hydrogen-bond donors (Lipinski definition) is 4. The lowest BCUT2D eigenvalue weighted by molar-refractivity contribution is 0.592. The Morgan fingerprint density at radius 2 is 1.76 bits per heavy atom. The fourth-order valence-corrected chi connectivity index (χ4v) is 3.46. The average Bonchev–Trinajstić information content (AvgIpc) is 3.45. The van der Waals surface area contributed by atoms with Crippen LogP contribution < -0.4 is 17.1 Å². The molecule has 0 aliphatic carbocycles. The summed E-state index contributed by atoms with van der Waals surface area (Å²) in [6, 6.07) is 22.2. The van der Waals surface area contributed by atoms with E-state index in [0.29, 0.717) is 28.3 Å². The molecule has 4 aromatic rings. The summed E-state index contributed by atoms with van der Waals surface area (Å²) in [4.78, 5) is 4.43. The van der Waals surface area contributed by atoms with E-state index >= 15 is 0 Å². The predicted octanol–water partition coefficient (Wildman–Crippen LogP) is 3.23. The first kappa shape index (κ1) is 18.8. The lowest BCUT2D eigenvalue weighted by Crippen LogP contribution is -2.33. The highest BCUT2D eigenvalue weighted by Crippen LogP contribution is 2.30. The van der Waals surface area contributed by atoms with Gasteiger partial charge in [0.2, 0.25) is 5.16 Å². The summed E-state index contributed by atoms with van der Waals surface area (Å²) >= 11 is 1.35. The van der Waals surface area contributed by atoms with E-state index in [4.69, 9.17) is 16.1 Å². The fraction of sp³-hybridized carbons (Fsp3) is 0.0500. The molecule has 29 heavy (non-hydrogen) atoms. The first-order chi connectivity index (χ1) is 14.3. The Morgan fingerprint density at radius 1 is 1.00 bits per heavy atom. The van der Waals surface area contributed by atoms with Crippen molar-refractivity contribution in [2.75, 3.05) is 5.75 Å². The quantitative estimate of drug-likeness (QED) is 0.127. The summed E-state index contributed by atoms with van der Waals surface area (Å²) in [6.45, 7) is 0. The van der Waals surface area contributed by atoms with Gasteiger partial charge in [0.25, 0.3) is 0 Å². The highest BCUT2D eigenvalue weighted by atomic mass is 32.2. The summed E-state index contributed by atoms with van der Waals surface area (Å²) in [6.07, 6.45) is 0. The van der Waals surface area contributed by atoms with Gasteiger partial charge in [-0.05, 0) is 29.3 Å². The number of H-pyrrole nitrogens is 1. The van der Waals surface area contributed by atoms with Crippen LogP contribution in [0.3, 0.4) is 0 Å². The van der Waals surface area contributed by atoms with E-state index in [2.05, 4.69) is 50.0 Å². The third kappa shape index (κ3) is 4.31. The second-order valence-electron chi connectivity index (χ2n) is 6.09. The number of hydrogen-bond acceptors (Lipinski definition) is 7. The number of hydrazine groups is 1. The highest BCUT2D eigenvalue weighted by molar-refractivity contribution is 7.99. The SMILES string of the molecule is NN=C(CSc1n[nH]c(-c2ccc(-c3cccc(-c4ccccc4)c3)o2)n1)NN. The van der Waals surface area contributed by atoms with Crippen LogP contribution in [0.25, 0.3) is 34.0 Å². The van der Waals surface area contributed by atoms with E-state index in [1.165, 1.54) is 11.8 Å². The van der Waals surface area contributed by atoms with Crippen molar-refractivity contribution in [1.82, 2.24) is 20.6 Å². The maximum Gasteiger partial charge on any atom is 0.209 e. The van der Waals surface area contributed by atoms with Crippen molar-refractivity contribution >= 4 is 17.6 Å². The molecule has 8 nitrogen and oxygen atoms in total. The molecule has 6 N–H and O–H groups in total. The summed E-state index contributed by atoms with van der Waals surface area (Å²) in [5, 5.41) is 11.1. The van der Waals surface area contributed by atoms with Gasteiger partial charge in [-0.3, -0.25) is 5.10 Å². The smallest absolute Gasteiger partial charge is 0.209 e. The van der Waals surface area contributed by atoms with Gasteiger partial charge in [-0.15, -0.1) is 5.10 Å². The number of hydrazone groups is 1. The van der Waals surface area contributed by atoms with Crippen molar-refractivity contribution in [2.45, 2.75) is 5.16 Å². The third-order valence-corrected chi connectivity index (χ3v) is 5.08. The van der Waals surface area contributed by atoms with Crippen LogP contribution in [-0.2, 0) is 0 Å². The molecule has 2 heterocycles. The standard InChI is InChI=1S/C20H19N7OS/c21-24-18(25-22)12-29-20-23-19(26-27-20)17-10-9-16(28-17)15-8-4-7-14(11-15)13-5-2-1-3-6-13/h1-11H,12,21-22H2,(H,24,25)(H,23,26,27). The second kappa shape index (κ2) is 8.63.